The van der Waals surface area contributed by atoms with Crippen LogP contribution in [0.5, 0.6) is 17.2 Å². The van der Waals surface area contributed by atoms with E-state index in [1.54, 1.807) is 7.11 Å². The summed E-state index contributed by atoms with van der Waals surface area (Å²) in [5, 5.41) is 0. The van der Waals surface area contributed by atoms with Crippen molar-refractivity contribution in [2.75, 3.05) is 13.9 Å². The summed E-state index contributed by atoms with van der Waals surface area (Å²) in [7, 11) is 1.63. The van der Waals surface area contributed by atoms with Crippen LogP contribution in [0.1, 0.15) is 37.2 Å². The minimum Gasteiger partial charge on any atom is -0.493 e. The molecule has 4 nitrogen and oxygen atoms in total. The van der Waals surface area contributed by atoms with Gasteiger partial charge in [0.05, 0.1) is 7.11 Å². The largest absolute Gasteiger partial charge is 0.493 e. The fraction of sp³-hybridized carbons (Fsp3) is 0.500. The number of ether oxygens (including phenoxy) is 3. The van der Waals surface area contributed by atoms with Crippen molar-refractivity contribution in [2.24, 2.45) is 0 Å². The second kappa shape index (κ2) is 4.52. The SMILES string of the molecule is COc1cc(C2CCC(=O)CC2)cc2c1OCO2. The van der Waals surface area contributed by atoms with Crippen LogP contribution in [0, 0.1) is 0 Å². The fourth-order valence-electron chi connectivity index (χ4n) is 2.66. The third-order valence-electron chi connectivity index (χ3n) is 3.70. The number of benzene rings is 1. The lowest BCUT2D eigenvalue weighted by Crippen LogP contribution is -2.12. The van der Waals surface area contributed by atoms with Gasteiger partial charge in [0, 0.05) is 12.8 Å². The van der Waals surface area contributed by atoms with Crippen LogP contribution in [0.25, 0.3) is 0 Å². The first-order valence-electron chi connectivity index (χ1n) is 6.27. The van der Waals surface area contributed by atoms with Crippen LogP contribution in [0.15, 0.2) is 12.1 Å². The maximum Gasteiger partial charge on any atom is 0.231 e. The molecule has 1 aromatic carbocycles. The molecule has 3 rings (SSSR count). The highest BCUT2D eigenvalue weighted by atomic mass is 16.7. The second-order valence-electron chi connectivity index (χ2n) is 4.77. The van der Waals surface area contributed by atoms with Crippen LogP contribution >= 0.6 is 0 Å². The minimum atomic E-state index is 0.248. The summed E-state index contributed by atoms with van der Waals surface area (Å²) in [6.45, 7) is 0.248. The number of carbonyl (C=O) groups is 1. The second-order valence-corrected chi connectivity index (χ2v) is 4.77. The van der Waals surface area contributed by atoms with Crippen molar-refractivity contribution >= 4 is 5.78 Å². The van der Waals surface area contributed by atoms with Crippen LogP contribution in [0.2, 0.25) is 0 Å². The fourth-order valence-corrected chi connectivity index (χ4v) is 2.66. The number of hydrogen-bond acceptors (Lipinski definition) is 4. The number of ketones is 1. The van der Waals surface area contributed by atoms with E-state index < -0.39 is 0 Å². The summed E-state index contributed by atoms with van der Waals surface area (Å²) in [5.41, 5.74) is 1.18. The van der Waals surface area contributed by atoms with Crippen molar-refractivity contribution < 1.29 is 19.0 Å². The van der Waals surface area contributed by atoms with Crippen molar-refractivity contribution in [1.29, 1.82) is 0 Å². The number of carbonyl (C=O) groups excluding carboxylic acids is 1. The Hall–Kier alpha value is -1.71. The zero-order valence-corrected chi connectivity index (χ0v) is 10.4. The third kappa shape index (κ3) is 1.92. The van der Waals surface area contributed by atoms with E-state index in [1.165, 1.54) is 5.56 Å². The molecule has 0 atom stereocenters. The monoisotopic (exact) mass is 248 g/mol. The van der Waals surface area contributed by atoms with Gasteiger partial charge in [-0.3, -0.25) is 4.79 Å². The van der Waals surface area contributed by atoms with E-state index in [4.69, 9.17) is 14.2 Å². The number of fused-ring (bicyclic) bond motifs is 1. The number of hydrogen-bond donors (Lipinski definition) is 0. The molecule has 1 fully saturated rings. The van der Waals surface area contributed by atoms with E-state index >= 15 is 0 Å². The molecule has 0 bridgehead atoms. The Kier molecular flexibility index (Phi) is 2.86. The highest BCUT2D eigenvalue weighted by Crippen LogP contribution is 2.45. The van der Waals surface area contributed by atoms with Crippen molar-refractivity contribution in [3.63, 3.8) is 0 Å². The first-order chi connectivity index (χ1) is 8.78. The summed E-state index contributed by atoms with van der Waals surface area (Å²) in [4.78, 5) is 11.3. The normalized spacial score (nSPS) is 19.1. The third-order valence-corrected chi connectivity index (χ3v) is 3.70. The first-order valence-corrected chi connectivity index (χ1v) is 6.27. The Balaban J connectivity index is 1.90. The molecule has 1 saturated carbocycles. The molecule has 2 aliphatic rings. The smallest absolute Gasteiger partial charge is 0.231 e. The molecule has 0 N–H and O–H groups in total. The van der Waals surface area contributed by atoms with Crippen LogP contribution < -0.4 is 14.2 Å². The molecule has 1 aromatic rings. The summed E-state index contributed by atoms with van der Waals surface area (Å²) in [6, 6.07) is 4.03. The first kappa shape index (κ1) is 11.4. The average molecular weight is 248 g/mol. The van der Waals surface area contributed by atoms with Gasteiger partial charge in [-0.1, -0.05) is 0 Å². The van der Waals surface area contributed by atoms with Gasteiger partial charge >= 0.3 is 0 Å². The summed E-state index contributed by atoms with van der Waals surface area (Å²) in [5.74, 6) is 2.95. The van der Waals surface area contributed by atoms with Crippen LogP contribution in [0.4, 0.5) is 0 Å². The lowest BCUT2D eigenvalue weighted by atomic mass is 9.83. The van der Waals surface area contributed by atoms with Gasteiger partial charge in [-0.25, -0.2) is 0 Å². The summed E-state index contributed by atoms with van der Waals surface area (Å²) >= 11 is 0. The highest BCUT2D eigenvalue weighted by molar-refractivity contribution is 5.79. The van der Waals surface area contributed by atoms with Gasteiger partial charge in [-0.2, -0.15) is 0 Å². The maximum absolute atomic E-state index is 11.3. The maximum atomic E-state index is 11.3. The Morgan fingerprint density at radius 1 is 1.22 bits per heavy atom. The van der Waals surface area contributed by atoms with E-state index in [1.807, 2.05) is 12.1 Å². The molecular formula is C14H16O4. The molecule has 4 heteroatoms. The molecule has 0 saturated heterocycles. The van der Waals surface area contributed by atoms with E-state index in [0.29, 0.717) is 30.3 Å². The van der Waals surface area contributed by atoms with Crippen molar-refractivity contribution in [3.8, 4) is 17.2 Å². The molecular weight excluding hydrogens is 232 g/mol. The van der Waals surface area contributed by atoms with Gasteiger partial charge in [0.25, 0.3) is 0 Å². The van der Waals surface area contributed by atoms with Crippen LogP contribution in [-0.4, -0.2) is 19.7 Å². The lowest BCUT2D eigenvalue weighted by molar-refractivity contribution is -0.120. The predicted octanol–water partition coefficient (Wildman–Crippen LogP) is 2.65. The molecule has 0 spiro atoms. The average Bonchev–Trinajstić information content (AvgIpc) is 2.86. The topological polar surface area (TPSA) is 44.8 Å². The molecule has 1 aliphatic heterocycles. The Labute approximate surface area is 106 Å². The molecule has 96 valence electrons. The highest BCUT2D eigenvalue weighted by Gasteiger charge is 2.25. The van der Waals surface area contributed by atoms with Gasteiger partial charge in [0.1, 0.15) is 5.78 Å². The van der Waals surface area contributed by atoms with Crippen LogP contribution in [0.3, 0.4) is 0 Å². The molecule has 0 unspecified atom stereocenters. The predicted molar refractivity (Wildman–Crippen MR) is 65.3 cm³/mol. The van der Waals surface area contributed by atoms with Gasteiger partial charge < -0.3 is 14.2 Å². The lowest BCUT2D eigenvalue weighted by Gasteiger charge is -2.22. The van der Waals surface area contributed by atoms with Gasteiger partial charge in [-0.05, 0) is 36.5 Å². The van der Waals surface area contributed by atoms with Gasteiger partial charge in [0.2, 0.25) is 12.5 Å². The van der Waals surface area contributed by atoms with Crippen LogP contribution in [-0.2, 0) is 4.79 Å². The number of rotatable bonds is 2. The Bertz CT molecular complexity index is 471. The zero-order chi connectivity index (χ0) is 12.5. The molecule has 0 radical (unpaired) electrons. The van der Waals surface area contributed by atoms with E-state index in [9.17, 15) is 4.79 Å². The minimum absolute atomic E-state index is 0.248. The van der Waals surface area contributed by atoms with E-state index in [-0.39, 0.29) is 6.79 Å². The number of methoxy groups -OCH3 is 1. The quantitative estimate of drug-likeness (QED) is 0.807. The molecule has 18 heavy (non-hydrogen) atoms. The molecule has 1 aliphatic carbocycles. The van der Waals surface area contributed by atoms with Crippen molar-refractivity contribution in [3.05, 3.63) is 17.7 Å². The zero-order valence-electron chi connectivity index (χ0n) is 10.4. The molecule has 0 amide bonds. The van der Waals surface area contributed by atoms with E-state index in [2.05, 4.69) is 0 Å². The Morgan fingerprint density at radius 3 is 2.72 bits per heavy atom. The van der Waals surface area contributed by atoms with Gasteiger partial charge in [-0.15, -0.1) is 0 Å². The molecule has 0 aromatic heterocycles. The van der Waals surface area contributed by atoms with Crippen molar-refractivity contribution in [2.45, 2.75) is 31.6 Å². The summed E-state index contributed by atoms with van der Waals surface area (Å²) < 4.78 is 16.1. The van der Waals surface area contributed by atoms with E-state index in [0.717, 1.165) is 24.3 Å². The van der Waals surface area contributed by atoms with Gasteiger partial charge in [0.15, 0.2) is 11.5 Å². The standard InChI is InChI=1S/C14H16O4/c1-16-12-6-10(7-13-14(12)18-8-17-13)9-2-4-11(15)5-3-9/h6-7,9H,2-5,8H2,1H3. The Morgan fingerprint density at radius 2 is 2.00 bits per heavy atom. The summed E-state index contributed by atoms with van der Waals surface area (Å²) in [6.07, 6.45) is 3.20. The van der Waals surface area contributed by atoms with Crippen molar-refractivity contribution in [1.82, 2.24) is 0 Å². The molecule has 1 heterocycles. The number of Topliss-reactive ketones (excluding diaryl/α,β-unsaturated/α-hetero) is 1.